The van der Waals surface area contributed by atoms with Crippen LogP contribution in [0.1, 0.15) is 21.6 Å². The van der Waals surface area contributed by atoms with Crippen LogP contribution < -0.4 is 11.0 Å². The van der Waals surface area contributed by atoms with Crippen molar-refractivity contribution in [1.82, 2.24) is 24.0 Å². The highest BCUT2D eigenvalue weighted by Crippen LogP contribution is 2.34. The van der Waals surface area contributed by atoms with Gasteiger partial charge in [0, 0.05) is 11.9 Å². The van der Waals surface area contributed by atoms with Gasteiger partial charge in [-0.25, -0.2) is 18.5 Å². The summed E-state index contributed by atoms with van der Waals surface area (Å²) in [4.78, 5) is 25.3. The summed E-state index contributed by atoms with van der Waals surface area (Å²) in [7, 11) is 0. The number of hydrogen-bond acceptors (Lipinski definition) is 4. The highest BCUT2D eigenvalue weighted by molar-refractivity contribution is 6.05. The molecule has 3 heterocycles. The number of rotatable bonds is 5. The lowest BCUT2D eigenvalue weighted by molar-refractivity contribution is -0.143. The highest BCUT2D eigenvalue weighted by atomic mass is 19.4. The number of alkyl halides is 3. The van der Waals surface area contributed by atoms with Crippen molar-refractivity contribution in [2.45, 2.75) is 12.7 Å². The fourth-order valence-electron chi connectivity index (χ4n) is 3.78. The van der Waals surface area contributed by atoms with E-state index in [4.69, 9.17) is 0 Å². The predicted molar refractivity (Wildman–Crippen MR) is 121 cm³/mol. The van der Waals surface area contributed by atoms with Gasteiger partial charge in [-0.3, -0.25) is 9.20 Å². The van der Waals surface area contributed by atoms with Gasteiger partial charge in [0.15, 0.2) is 11.3 Å². The van der Waals surface area contributed by atoms with E-state index in [9.17, 15) is 27.2 Å². The number of fused-ring (bicyclic) bond motifs is 1. The number of nitrogens with one attached hydrogen (secondary N) is 1. The number of benzene rings is 2. The molecule has 0 aliphatic rings. The van der Waals surface area contributed by atoms with Crippen LogP contribution in [0.5, 0.6) is 0 Å². The van der Waals surface area contributed by atoms with Gasteiger partial charge in [0.2, 0.25) is 0 Å². The summed E-state index contributed by atoms with van der Waals surface area (Å²) in [5.74, 6) is -2.00. The molecule has 8 nitrogen and oxygen atoms in total. The van der Waals surface area contributed by atoms with E-state index in [1.54, 1.807) is 36.5 Å². The molecule has 0 radical (unpaired) electrons. The minimum Gasteiger partial charge on any atom is -0.322 e. The van der Waals surface area contributed by atoms with E-state index in [-0.39, 0.29) is 17.9 Å². The zero-order chi connectivity index (χ0) is 25.4. The van der Waals surface area contributed by atoms with Crippen LogP contribution in [-0.2, 0) is 12.7 Å². The predicted octanol–water partition coefficient (Wildman–Crippen LogP) is 4.14. The lowest BCUT2D eigenvalue weighted by Crippen LogP contribution is -2.22. The van der Waals surface area contributed by atoms with Crippen molar-refractivity contribution in [3.05, 3.63) is 112 Å². The van der Waals surface area contributed by atoms with Crippen LogP contribution in [0, 0.1) is 5.82 Å². The number of amides is 1. The van der Waals surface area contributed by atoms with Crippen LogP contribution in [0.25, 0.3) is 11.3 Å². The third-order valence-corrected chi connectivity index (χ3v) is 5.37. The maximum Gasteiger partial charge on any atom is 0.434 e. The standard InChI is InChI=1S/C24H16F4N6O2/c25-18-8-1-2-9-19(18)34-21(24(26,27)28)17(13-29-34)22(35)30-16-7-5-6-15(12-16)14-33-23(36)32-11-4-3-10-20(32)31-33/h1-13H,14H2,(H,30,35). The van der Waals surface area contributed by atoms with Crippen molar-refractivity contribution >= 4 is 17.2 Å². The van der Waals surface area contributed by atoms with Crippen LogP contribution in [0.2, 0.25) is 0 Å². The van der Waals surface area contributed by atoms with E-state index >= 15 is 0 Å². The van der Waals surface area contributed by atoms with Gasteiger partial charge in [-0.05, 0) is 42.0 Å². The summed E-state index contributed by atoms with van der Waals surface area (Å²) in [5, 5.41) is 10.3. The van der Waals surface area contributed by atoms with E-state index in [0.29, 0.717) is 15.9 Å². The molecule has 0 aliphatic carbocycles. The van der Waals surface area contributed by atoms with Crippen LogP contribution >= 0.6 is 0 Å². The summed E-state index contributed by atoms with van der Waals surface area (Å²) < 4.78 is 58.8. The second-order valence-electron chi connectivity index (χ2n) is 7.79. The van der Waals surface area contributed by atoms with E-state index < -0.39 is 34.8 Å². The molecule has 5 rings (SSSR count). The van der Waals surface area contributed by atoms with Gasteiger partial charge in [-0.1, -0.05) is 30.3 Å². The number of aromatic nitrogens is 5. The zero-order valence-electron chi connectivity index (χ0n) is 18.3. The minimum atomic E-state index is -4.99. The Morgan fingerprint density at radius 3 is 2.53 bits per heavy atom. The zero-order valence-corrected chi connectivity index (χ0v) is 18.3. The molecule has 3 aromatic heterocycles. The number of carbonyl (C=O) groups is 1. The molecule has 0 bridgehead atoms. The van der Waals surface area contributed by atoms with Crippen LogP contribution in [0.4, 0.5) is 23.2 Å². The van der Waals surface area contributed by atoms with Crippen molar-refractivity contribution < 1.29 is 22.4 Å². The summed E-state index contributed by atoms with van der Waals surface area (Å²) in [6.07, 6.45) is -2.67. The summed E-state index contributed by atoms with van der Waals surface area (Å²) >= 11 is 0. The molecular weight excluding hydrogens is 480 g/mol. The molecule has 12 heteroatoms. The second-order valence-corrected chi connectivity index (χ2v) is 7.79. The molecule has 0 atom stereocenters. The van der Waals surface area contributed by atoms with Gasteiger partial charge < -0.3 is 5.32 Å². The first kappa shape index (κ1) is 23.0. The number of hydrogen-bond donors (Lipinski definition) is 1. The molecular formula is C24H16F4N6O2. The van der Waals surface area contributed by atoms with Crippen molar-refractivity contribution in [3.8, 4) is 5.69 Å². The number of halogens is 4. The first-order chi connectivity index (χ1) is 17.2. The number of anilines is 1. The monoisotopic (exact) mass is 496 g/mol. The minimum absolute atomic E-state index is 0.0727. The maximum atomic E-state index is 14.2. The van der Waals surface area contributed by atoms with Crippen molar-refractivity contribution in [3.63, 3.8) is 0 Å². The SMILES string of the molecule is O=C(Nc1cccc(Cn2nc3ccccn3c2=O)c1)c1cnn(-c2ccccc2F)c1C(F)(F)F. The topological polar surface area (TPSA) is 86.2 Å². The summed E-state index contributed by atoms with van der Waals surface area (Å²) in [6.45, 7) is 0.0727. The van der Waals surface area contributed by atoms with Crippen LogP contribution in [0.15, 0.2) is 83.9 Å². The van der Waals surface area contributed by atoms with E-state index in [1.165, 1.54) is 33.3 Å². The van der Waals surface area contributed by atoms with Gasteiger partial charge in [0.1, 0.15) is 11.5 Å². The Hall–Kier alpha value is -4.74. The van der Waals surface area contributed by atoms with Crippen molar-refractivity contribution in [1.29, 1.82) is 0 Å². The lowest BCUT2D eigenvalue weighted by Gasteiger charge is -2.13. The normalized spacial score (nSPS) is 11.7. The quantitative estimate of drug-likeness (QED) is 0.371. The Balaban J connectivity index is 1.43. The van der Waals surface area contributed by atoms with Crippen LogP contribution in [-0.4, -0.2) is 29.9 Å². The fraction of sp³-hybridized carbons (Fsp3) is 0.0833. The molecule has 0 saturated heterocycles. The van der Waals surface area contributed by atoms with Crippen LogP contribution in [0.3, 0.4) is 0 Å². The Labute approximate surface area is 200 Å². The summed E-state index contributed by atoms with van der Waals surface area (Å²) in [6, 6.07) is 16.2. The molecule has 0 unspecified atom stereocenters. The number of carbonyl (C=O) groups excluding carboxylic acids is 1. The molecule has 0 fully saturated rings. The van der Waals surface area contributed by atoms with E-state index in [0.717, 1.165) is 18.3 Å². The molecule has 36 heavy (non-hydrogen) atoms. The van der Waals surface area contributed by atoms with E-state index in [1.807, 2.05) is 0 Å². The molecule has 2 aromatic carbocycles. The van der Waals surface area contributed by atoms with Crippen molar-refractivity contribution in [2.24, 2.45) is 0 Å². The smallest absolute Gasteiger partial charge is 0.322 e. The first-order valence-corrected chi connectivity index (χ1v) is 10.6. The van der Waals surface area contributed by atoms with Gasteiger partial charge in [0.05, 0.1) is 18.3 Å². The lowest BCUT2D eigenvalue weighted by atomic mass is 10.1. The Bertz CT molecular complexity index is 1650. The van der Waals surface area contributed by atoms with Gasteiger partial charge in [0.25, 0.3) is 5.91 Å². The van der Waals surface area contributed by atoms with E-state index in [2.05, 4.69) is 15.5 Å². The maximum absolute atomic E-state index is 14.2. The average Bonchev–Trinajstić information content (AvgIpc) is 3.42. The molecule has 0 spiro atoms. The average molecular weight is 496 g/mol. The number of nitrogens with zero attached hydrogens (tertiary/aromatic N) is 5. The largest absolute Gasteiger partial charge is 0.434 e. The molecule has 5 aromatic rings. The molecule has 1 N–H and O–H groups in total. The number of para-hydroxylation sites is 1. The highest BCUT2D eigenvalue weighted by Gasteiger charge is 2.41. The Morgan fingerprint density at radius 1 is 1.00 bits per heavy atom. The molecule has 0 saturated carbocycles. The van der Waals surface area contributed by atoms with Gasteiger partial charge >= 0.3 is 11.9 Å². The molecule has 0 aliphatic heterocycles. The molecule has 1 amide bonds. The second kappa shape index (κ2) is 8.80. The molecule has 182 valence electrons. The van der Waals surface area contributed by atoms with Crippen molar-refractivity contribution in [2.75, 3.05) is 5.32 Å². The van der Waals surface area contributed by atoms with Gasteiger partial charge in [-0.2, -0.15) is 18.3 Å². The third-order valence-electron chi connectivity index (χ3n) is 5.37. The third kappa shape index (κ3) is 4.24. The number of pyridine rings is 1. The summed E-state index contributed by atoms with van der Waals surface area (Å²) in [5.41, 5.74) is -1.75. The van der Waals surface area contributed by atoms with Gasteiger partial charge in [-0.15, -0.1) is 5.10 Å². The fourth-order valence-corrected chi connectivity index (χ4v) is 3.78. The Morgan fingerprint density at radius 2 is 1.78 bits per heavy atom. The Kier molecular flexibility index (Phi) is 5.63. The first-order valence-electron chi connectivity index (χ1n) is 10.6.